The van der Waals surface area contributed by atoms with E-state index < -0.39 is 0 Å². The fraction of sp³-hybridized carbons (Fsp3) is 0.900. The lowest BCUT2D eigenvalue weighted by Gasteiger charge is -2.10. The monoisotopic (exact) mass is 183 g/mol. The first-order valence-electron chi connectivity index (χ1n) is 5.16. The minimum Gasteiger partial charge on any atom is -0.378 e. The number of carbonyl (C=O) groups excluding carboxylic acids is 1. The van der Waals surface area contributed by atoms with Gasteiger partial charge in [0, 0.05) is 12.5 Å². The van der Waals surface area contributed by atoms with E-state index in [1.807, 2.05) is 0 Å². The highest BCUT2D eigenvalue weighted by Crippen LogP contribution is 2.32. The van der Waals surface area contributed by atoms with Gasteiger partial charge in [0.2, 0.25) is 5.91 Å². The summed E-state index contributed by atoms with van der Waals surface area (Å²) in [6.45, 7) is 0.899. The second-order valence-electron chi connectivity index (χ2n) is 4.31. The van der Waals surface area contributed by atoms with Crippen molar-refractivity contribution in [2.45, 2.75) is 38.2 Å². The lowest BCUT2D eigenvalue weighted by molar-refractivity contribution is -0.121. The van der Waals surface area contributed by atoms with Crippen LogP contribution in [0.1, 0.15) is 32.1 Å². The van der Waals surface area contributed by atoms with Gasteiger partial charge in [0.05, 0.1) is 6.10 Å². The largest absolute Gasteiger partial charge is 0.378 e. The maximum atomic E-state index is 10.9. The molecule has 13 heavy (non-hydrogen) atoms. The van der Waals surface area contributed by atoms with Gasteiger partial charge in [-0.1, -0.05) is 0 Å². The van der Waals surface area contributed by atoms with Gasteiger partial charge in [-0.3, -0.25) is 4.79 Å². The Morgan fingerprint density at radius 2 is 2.08 bits per heavy atom. The Morgan fingerprint density at radius 3 is 2.62 bits per heavy atom. The van der Waals surface area contributed by atoms with Crippen molar-refractivity contribution < 1.29 is 9.53 Å². The second-order valence-corrected chi connectivity index (χ2v) is 4.31. The van der Waals surface area contributed by atoms with Gasteiger partial charge in [-0.25, -0.2) is 0 Å². The van der Waals surface area contributed by atoms with E-state index in [4.69, 9.17) is 10.5 Å². The average Bonchev–Trinajstić information content (AvgIpc) is 2.79. The Balaban J connectivity index is 1.67. The van der Waals surface area contributed by atoms with Gasteiger partial charge >= 0.3 is 0 Å². The first-order valence-corrected chi connectivity index (χ1v) is 5.16. The Labute approximate surface area is 78.6 Å². The van der Waals surface area contributed by atoms with E-state index in [0.717, 1.165) is 31.8 Å². The molecule has 3 nitrogen and oxygen atoms in total. The maximum Gasteiger partial charge on any atom is 0.220 e. The van der Waals surface area contributed by atoms with Crippen LogP contribution in [0.4, 0.5) is 0 Å². The van der Waals surface area contributed by atoms with E-state index in [1.165, 1.54) is 12.8 Å². The summed E-state index contributed by atoms with van der Waals surface area (Å²) < 4.78 is 5.70. The third-order valence-electron chi connectivity index (χ3n) is 3.05. The fourth-order valence-corrected chi connectivity index (χ4v) is 1.91. The molecular weight excluding hydrogens is 166 g/mol. The maximum absolute atomic E-state index is 10.9. The number of ether oxygens (including phenoxy) is 1. The van der Waals surface area contributed by atoms with Gasteiger partial charge < -0.3 is 10.5 Å². The predicted molar refractivity (Wildman–Crippen MR) is 49.0 cm³/mol. The van der Waals surface area contributed by atoms with Crippen molar-refractivity contribution in [1.82, 2.24) is 0 Å². The molecule has 2 rings (SSSR count). The number of amides is 1. The fourth-order valence-electron chi connectivity index (χ4n) is 1.91. The van der Waals surface area contributed by atoms with Gasteiger partial charge in [0.25, 0.3) is 0 Å². The molecule has 0 radical (unpaired) electrons. The zero-order valence-corrected chi connectivity index (χ0v) is 7.87. The van der Waals surface area contributed by atoms with E-state index in [2.05, 4.69) is 0 Å². The molecule has 0 saturated heterocycles. The minimum absolute atomic E-state index is 0.0733. The molecular formula is C10H17NO2. The first kappa shape index (κ1) is 9.00. The van der Waals surface area contributed by atoms with E-state index in [9.17, 15) is 4.79 Å². The van der Waals surface area contributed by atoms with Crippen LogP contribution in [0.3, 0.4) is 0 Å². The van der Waals surface area contributed by atoms with Crippen LogP contribution in [0.5, 0.6) is 0 Å². The van der Waals surface area contributed by atoms with E-state index in [1.54, 1.807) is 0 Å². The number of carbonyl (C=O) groups is 1. The normalized spacial score (nSPS) is 33.5. The van der Waals surface area contributed by atoms with Crippen LogP contribution in [0.15, 0.2) is 0 Å². The summed E-state index contributed by atoms with van der Waals surface area (Å²) in [6.07, 6.45) is 5.74. The molecule has 3 heteroatoms. The Kier molecular flexibility index (Phi) is 2.54. The van der Waals surface area contributed by atoms with Crippen molar-refractivity contribution in [3.63, 3.8) is 0 Å². The SMILES string of the molecule is NC(=O)C1CCC(OCC2CC2)C1. The van der Waals surface area contributed by atoms with Crippen LogP contribution in [-0.4, -0.2) is 18.6 Å². The number of nitrogens with two attached hydrogens (primary N) is 1. The lowest BCUT2D eigenvalue weighted by Crippen LogP contribution is -2.21. The summed E-state index contributed by atoms with van der Waals surface area (Å²) in [4.78, 5) is 10.9. The summed E-state index contributed by atoms with van der Waals surface area (Å²) in [6, 6.07) is 0. The Hall–Kier alpha value is -0.570. The van der Waals surface area contributed by atoms with Crippen LogP contribution < -0.4 is 5.73 Å². The van der Waals surface area contributed by atoms with Crippen LogP contribution in [0, 0.1) is 11.8 Å². The number of primary amides is 1. The summed E-state index contributed by atoms with van der Waals surface area (Å²) >= 11 is 0. The molecule has 2 unspecified atom stereocenters. The molecule has 1 amide bonds. The molecule has 2 aliphatic carbocycles. The van der Waals surface area contributed by atoms with Gasteiger partial charge in [-0.15, -0.1) is 0 Å². The topological polar surface area (TPSA) is 52.3 Å². The van der Waals surface area contributed by atoms with E-state index in [0.29, 0.717) is 6.10 Å². The summed E-state index contributed by atoms with van der Waals surface area (Å²) in [5.41, 5.74) is 5.23. The zero-order valence-electron chi connectivity index (χ0n) is 7.87. The third-order valence-corrected chi connectivity index (χ3v) is 3.05. The summed E-state index contributed by atoms with van der Waals surface area (Å²) in [7, 11) is 0. The molecule has 0 aliphatic heterocycles. The van der Waals surface area contributed by atoms with Crippen LogP contribution in [0.2, 0.25) is 0 Å². The van der Waals surface area contributed by atoms with Crippen LogP contribution in [0.25, 0.3) is 0 Å². The van der Waals surface area contributed by atoms with E-state index in [-0.39, 0.29) is 11.8 Å². The quantitative estimate of drug-likeness (QED) is 0.708. The number of hydrogen-bond acceptors (Lipinski definition) is 2. The molecule has 2 atom stereocenters. The van der Waals surface area contributed by atoms with Gasteiger partial charge in [-0.05, 0) is 38.0 Å². The van der Waals surface area contributed by atoms with Crippen molar-refractivity contribution in [3.05, 3.63) is 0 Å². The van der Waals surface area contributed by atoms with Gasteiger partial charge in [0.15, 0.2) is 0 Å². The highest BCUT2D eigenvalue weighted by Gasteiger charge is 2.30. The van der Waals surface area contributed by atoms with Crippen molar-refractivity contribution in [2.75, 3.05) is 6.61 Å². The number of rotatable bonds is 4. The average molecular weight is 183 g/mol. The predicted octanol–water partition coefficient (Wildman–Crippen LogP) is 1.07. The van der Waals surface area contributed by atoms with Crippen LogP contribution in [-0.2, 0) is 9.53 Å². The van der Waals surface area contributed by atoms with Gasteiger partial charge in [0.1, 0.15) is 0 Å². The molecule has 74 valence electrons. The summed E-state index contributed by atoms with van der Waals surface area (Å²) in [5, 5.41) is 0. The molecule has 2 aliphatic rings. The molecule has 2 fully saturated rings. The summed E-state index contributed by atoms with van der Waals surface area (Å²) in [5.74, 6) is 0.731. The van der Waals surface area contributed by atoms with Crippen LogP contribution >= 0.6 is 0 Å². The van der Waals surface area contributed by atoms with E-state index >= 15 is 0 Å². The molecule has 0 aromatic rings. The van der Waals surface area contributed by atoms with Crippen molar-refractivity contribution in [1.29, 1.82) is 0 Å². The smallest absolute Gasteiger partial charge is 0.220 e. The van der Waals surface area contributed by atoms with Crippen molar-refractivity contribution in [3.8, 4) is 0 Å². The zero-order chi connectivity index (χ0) is 9.26. The highest BCUT2D eigenvalue weighted by atomic mass is 16.5. The molecule has 0 heterocycles. The first-order chi connectivity index (χ1) is 6.25. The second kappa shape index (κ2) is 3.66. The standard InChI is InChI=1S/C10H17NO2/c11-10(12)8-3-4-9(5-8)13-6-7-1-2-7/h7-9H,1-6H2,(H2,11,12). The molecule has 0 bridgehead atoms. The molecule has 0 aromatic carbocycles. The third kappa shape index (κ3) is 2.44. The Morgan fingerprint density at radius 1 is 1.31 bits per heavy atom. The molecule has 2 saturated carbocycles. The molecule has 0 spiro atoms. The van der Waals surface area contributed by atoms with Crippen molar-refractivity contribution in [2.24, 2.45) is 17.6 Å². The highest BCUT2D eigenvalue weighted by molar-refractivity contribution is 5.76. The minimum atomic E-state index is -0.155. The molecule has 2 N–H and O–H groups in total. The Bertz CT molecular complexity index is 201. The lowest BCUT2D eigenvalue weighted by atomic mass is 10.1. The number of hydrogen-bond donors (Lipinski definition) is 1. The van der Waals surface area contributed by atoms with Crippen molar-refractivity contribution >= 4 is 5.91 Å². The van der Waals surface area contributed by atoms with Gasteiger partial charge in [-0.2, -0.15) is 0 Å². The molecule has 0 aromatic heterocycles.